The predicted octanol–water partition coefficient (Wildman–Crippen LogP) is 6.03. The lowest BCUT2D eigenvalue weighted by Gasteiger charge is -2.09. The van der Waals surface area contributed by atoms with Gasteiger partial charge in [-0.3, -0.25) is 5.43 Å². The number of benzene rings is 3. The Hall–Kier alpha value is -3.12. The molecule has 0 saturated carbocycles. The van der Waals surface area contributed by atoms with E-state index in [9.17, 15) is 4.39 Å². The second-order valence-electron chi connectivity index (χ2n) is 6.21. The number of hydrogen-bond acceptors (Lipinski definition) is 4. The molecular weight excluding hydrogens is 419 g/mol. The van der Waals surface area contributed by atoms with E-state index >= 15 is 0 Å². The van der Waals surface area contributed by atoms with Crippen molar-refractivity contribution in [3.8, 4) is 11.4 Å². The van der Waals surface area contributed by atoms with Crippen LogP contribution in [0.5, 0.6) is 0 Å². The van der Waals surface area contributed by atoms with E-state index in [-0.39, 0.29) is 5.82 Å². The number of hydrogen-bond donors (Lipinski definition) is 1. The molecule has 0 bridgehead atoms. The van der Waals surface area contributed by atoms with Gasteiger partial charge in [-0.05, 0) is 48.9 Å². The molecule has 0 amide bonds. The van der Waals surface area contributed by atoms with Crippen molar-refractivity contribution in [1.29, 1.82) is 0 Å². The van der Waals surface area contributed by atoms with Crippen molar-refractivity contribution >= 4 is 38.4 Å². The number of hydrazone groups is 1. The number of para-hydroxylation sites is 1. The SMILES string of the molecule is CC(=NNc1nc(-c2ccccc2F)nc2ccccc12)c1ccc(Br)cc1. The van der Waals surface area contributed by atoms with Crippen LogP contribution in [0.3, 0.4) is 0 Å². The van der Waals surface area contributed by atoms with E-state index in [4.69, 9.17) is 0 Å². The van der Waals surface area contributed by atoms with Gasteiger partial charge in [-0.25, -0.2) is 14.4 Å². The molecule has 4 nitrogen and oxygen atoms in total. The molecule has 0 aliphatic carbocycles. The minimum atomic E-state index is -0.363. The fourth-order valence-corrected chi connectivity index (χ4v) is 3.08. The molecule has 138 valence electrons. The van der Waals surface area contributed by atoms with Gasteiger partial charge >= 0.3 is 0 Å². The zero-order chi connectivity index (χ0) is 19.5. The van der Waals surface area contributed by atoms with E-state index in [0.29, 0.717) is 17.2 Å². The summed E-state index contributed by atoms with van der Waals surface area (Å²) in [4.78, 5) is 9.05. The van der Waals surface area contributed by atoms with Crippen LogP contribution in [-0.4, -0.2) is 15.7 Å². The van der Waals surface area contributed by atoms with Crippen LogP contribution in [0.4, 0.5) is 10.2 Å². The van der Waals surface area contributed by atoms with Gasteiger partial charge in [0.15, 0.2) is 11.6 Å². The fraction of sp³-hybridized carbons (Fsp3) is 0.0455. The lowest BCUT2D eigenvalue weighted by Crippen LogP contribution is -2.03. The van der Waals surface area contributed by atoms with Crippen molar-refractivity contribution in [1.82, 2.24) is 9.97 Å². The van der Waals surface area contributed by atoms with Crippen LogP contribution >= 0.6 is 15.9 Å². The number of aromatic nitrogens is 2. The highest BCUT2D eigenvalue weighted by Gasteiger charge is 2.12. The summed E-state index contributed by atoms with van der Waals surface area (Å²) in [5.41, 5.74) is 5.90. The number of nitrogens with one attached hydrogen (secondary N) is 1. The highest BCUT2D eigenvalue weighted by atomic mass is 79.9. The summed E-state index contributed by atoms with van der Waals surface area (Å²) >= 11 is 3.43. The molecule has 0 aliphatic heterocycles. The first-order chi connectivity index (χ1) is 13.6. The predicted molar refractivity (Wildman–Crippen MR) is 115 cm³/mol. The van der Waals surface area contributed by atoms with E-state index in [1.165, 1.54) is 6.07 Å². The first-order valence-corrected chi connectivity index (χ1v) is 9.49. The Balaban J connectivity index is 1.76. The summed E-state index contributed by atoms with van der Waals surface area (Å²) in [6.45, 7) is 1.91. The number of nitrogens with zero attached hydrogens (tertiary/aromatic N) is 3. The monoisotopic (exact) mass is 434 g/mol. The topological polar surface area (TPSA) is 50.2 Å². The maximum Gasteiger partial charge on any atom is 0.165 e. The van der Waals surface area contributed by atoms with Crippen molar-refractivity contribution in [2.75, 3.05) is 5.43 Å². The molecule has 0 unspecified atom stereocenters. The largest absolute Gasteiger partial charge is 0.260 e. The summed E-state index contributed by atoms with van der Waals surface area (Å²) < 4.78 is 15.3. The van der Waals surface area contributed by atoms with Gasteiger partial charge in [-0.1, -0.05) is 52.3 Å². The molecule has 0 aliphatic rings. The quantitative estimate of drug-likeness (QED) is 0.314. The van der Waals surface area contributed by atoms with Crippen molar-refractivity contribution in [2.24, 2.45) is 5.10 Å². The first kappa shape index (κ1) is 18.3. The third-order valence-electron chi connectivity index (χ3n) is 4.31. The van der Waals surface area contributed by atoms with Gasteiger partial charge in [-0.15, -0.1) is 0 Å². The Labute approximate surface area is 170 Å². The first-order valence-electron chi connectivity index (χ1n) is 8.70. The van der Waals surface area contributed by atoms with E-state index in [2.05, 4.69) is 36.4 Å². The minimum Gasteiger partial charge on any atom is -0.260 e. The Morgan fingerprint density at radius 1 is 0.929 bits per heavy atom. The molecular formula is C22H16BrFN4. The maximum atomic E-state index is 14.2. The maximum absolute atomic E-state index is 14.2. The van der Waals surface area contributed by atoms with Crippen molar-refractivity contribution in [3.05, 3.63) is 88.6 Å². The zero-order valence-electron chi connectivity index (χ0n) is 15.0. The van der Waals surface area contributed by atoms with E-state index in [1.807, 2.05) is 55.5 Å². The molecule has 0 saturated heterocycles. The lowest BCUT2D eigenvalue weighted by atomic mass is 10.1. The number of fused-ring (bicyclic) bond motifs is 1. The molecule has 6 heteroatoms. The standard InChI is InChI=1S/C22H16BrFN4/c1-14(15-10-12-16(23)13-11-15)27-28-22-18-7-3-5-9-20(18)25-21(26-22)17-6-2-4-8-19(17)24/h2-13H,1H3,(H,25,26,28). The van der Waals surface area contributed by atoms with Crippen molar-refractivity contribution in [2.45, 2.75) is 6.92 Å². The van der Waals surface area contributed by atoms with Gasteiger partial charge < -0.3 is 0 Å². The lowest BCUT2D eigenvalue weighted by molar-refractivity contribution is 0.630. The summed E-state index contributed by atoms with van der Waals surface area (Å²) in [7, 11) is 0. The molecule has 0 atom stereocenters. The molecule has 0 spiro atoms. The second-order valence-corrected chi connectivity index (χ2v) is 7.12. The van der Waals surface area contributed by atoms with E-state index in [0.717, 1.165) is 26.7 Å². The summed E-state index contributed by atoms with van der Waals surface area (Å²) in [5.74, 6) is 0.481. The fourth-order valence-electron chi connectivity index (χ4n) is 2.82. The van der Waals surface area contributed by atoms with Gasteiger partial charge in [0.05, 0.1) is 16.8 Å². The highest BCUT2D eigenvalue weighted by Crippen LogP contribution is 2.26. The van der Waals surface area contributed by atoms with E-state index < -0.39 is 0 Å². The van der Waals surface area contributed by atoms with Crippen LogP contribution in [-0.2, 0) is 0 Å². The molecule has 0 radical (unpaired) electrons. The normalized spacial score (nSPS) is 11.6. The smallest absolute Gasteiger partial charge is 0.165 e. The molecule has 4 aromatic rings. The summed E-state index contributed by atoms with van der Waals surface area (Å²) in [6.07, 6.45) is 0. The molecule has 0 fully saturated rings. The highest BCUT2D eigenvalue weighted by molar-refractivity contribution is 9.10. The van der Waals surface area contributed by atoms with Crippen LogP contribution in [0.15, 0.2) is 82.4 Å². The van der Waals surface area contributed by atoms with Crippen LogP contribution in [0.2, 0.25) is 0 Å². The Kier molecular flexibility index (Phi) is 5.12. The minimum absolute atomic E-state index is 0.316. The van der Waals surface area contributed by atoms with Gasteiger partial charge in [0.25, 0.3) is 0 Å². The van der Waals surface area contributed by atoms with Gasteiger partial charge in [0, 0.05) is 9.86 Å². The van der Waals surface area contributed by atoms with Crippen molar-refractivity contribution < 1.29 is 4.39 Å². The summed E-state index contributed by atoms with van der Waals surface area (Å²) in [5, 5.41) is 5.28. The zero-order valence-corrected chi connectivity index (χ0v) is 16.6. The van der Waals surface area contributed by atoms with Crippen molar-refractivity contribution in [3.63, 3.8) is 0 Å². The van der Waals surface area contributed by atoms with Crippen LogP contribution < -0.4 is 5.43 Å². The Bertz CT molecular complexity index is 1170. The average molecular weight is 435 g/mol. The van der Waals surface area contributed by atoms with Gasteiger partial charge in [0.2, 0.25) is 0 Å². The molecule has 1 heterocycles. The van der Waals surface area contributed by atoms with Crippen LogP contribution in [0.25, 0.3) is 22.3 Å². The molecule has 4 rings (SSSR count). The molecule has 3 aromatic carbocycles. The van der Waals surface area contributed by atoms with E-state index in [1.54, 1.807) is 18.2 Å². The third kappa shape index (κ3) is 3.77. The molecule has 28 heavy (non-hydrogen) atoms. The van der Waals surface area contributed by atoms with Crippen LogP contribution in [0.1, 0.15) is 12.5 Å². The summed E-state index contributed by atoms with van der Waals surface area (Å²) in [6, 6.07) is 21.9. The molecule has 1 aromatic heterocycles. The van der Waals surface area contributed by atoms with Gasteiger partial charge in [0.1, 0.15) is 5.82 Å². The Morgan fingerprint density at radius 3 is 2.43 bits per heavy atom. The number of rotatable bonds is 4. The van der Waals surface area contributed by atoms with Crippen LogP contribution in [0, 0.1) is 5.82 Å². The third-order valence-corrected chi connectivity index (χ3v) is 4.84. The van der Waals surface area contributed by atoms with Gasteiger partial charge in [-0.2, -0.15) is 5.10 Å². The average Bonchev–Trinajstić information content (AvgIpc) is 2.72. The number of anilines is 1. The molecule has 1 N–H and O–H groups in total. The Morgan fingerprint density at radius 2 is 1.64 bits per heavy atom. The second kappa shape index (κ2) is 7.86. The number of halogens is 2.